The first-order valence-corrected chi connectivity index (χ1v) is 5.91. The highest BCUT2D eigenvalue weighted by molar-refractivity contribution is 5.61. The molecule has 0 unspecified atom stereocenters. The molecule has 6 heteroatoms. The second kappa shape index (κ2) is 4.97. The number of phenolic OH excluding ortho intramolecular Hbond substituents is 1. The van der Waals surface area contributed by atoms with E-state index in [2.05, 4.69) is 10.1 Å². The predicted molar refractivity (Wildman–Crippen MR) is 66.0 cm³/mol. The summed E-state index contributed by atoms with van der Waals surface area (Å²) in [5, 5.41) is 13.5. The van der Waals surface area contributed by atoms with Crippen LogP contribution >= 0.6 is 0 Å². The van der Waals surface area contributed by atoms with E-state index in [9.17, 15) is 9.50 Å². The van der Waals surface area contributed by atoms with Crippen LogP contribution in [0, 0.1) is 5.82 Å². The van der Waals surface area contributed by atoms with Crippen LogP contribution in [0.4, 0.5) is 4.39 Å². The molecular weight excluding hydrogens is 251 g/mol. The van der Waals surface area contributed by atoms with E-state index in [1.165, 1.54) is 6.07 Å². The quantitative estimate of drug-likeness (QED) is 0.921. The second-order valence-electron chi connectivity index (χ2n) is 4.53. The van der Waals surface area contributed by atoms with E-state index < -0.39 is 11.4 Å². The maximum atomic E-state index is 13.2. The van der Waals surface area contributed by atoms with Gasteiger partial charge in [0, 0.05) is 6.61 Å². The Balaban J connectivity index is 2.38. The lowest BCUT2D eigenvalue weighted by molar-refractivity contribution is -0.0221. The number of aromatic hydroxyl groups is 1. The minimum Gasteiger partial charge on any atom is -0.507 e. The predicted octanol–water partition coefficient (Wildman–Crippen LogP) is 2.85. The van der Waals surface area contributed by atoms with Crippen molar-refractivity contribution < 1.29 is 18.8 Å². The summed E-state index contributed by atoms with van der Waals surface area (Å²) < 4.78 is 23.7. The van der Waals surface area contributed by atoms with E-state index >= 15 is 0 Å². The standard InChI is InChI=1S/C13H15FN2O3/c1-4-18-13(2,3)12-15-11(19-16-12)9-7-8(14)5-6-10(9)17/h5-7,17H,4H2,1-3H3. The molecule has 0 aliphatic carbocycles. The van der Waals surface area contributed by atoms with Gasteiger partial charge in [-0.05, 0) is 39.0 Å². The number of aromatic nitrogens is 2. The zero-order valence-corrected chi connectivity index (χ0v) is 11.0. The van der Waals surface area contributed by atoms with Crippen LogP contribution in [-0.2, 0) is 10.3 Å². The molecule has 19 heavy (non-hydrogen) atoms. The first-order chi connectivity index (χ1) is 8.94. The van der Waals surface area contributed by atoms with E-state index in [0.29, 0.717) is 12.4 Å². The van der Waals surface area contributed by atoms with Crippen LogP contribution in [0.1, 0.15) is 26.6 Å². The molecule has 0 saturated heterocycles. The van der Waals surface area contributed by atoms with Crippen molar-refractivity contribution in [2.24, 2.45) is 0 Å². The molecule has 0 fully saturated rings. The van der Waals surface area contributed by atoms with Crippen LogP contribution in [0.25, 0.3) is 11.5 Å². The summed E-state index contributed by atoms with van der Waals surface area (Å²) in [7, 11) is 0. The van der Waals surface area contributed by atoms with Crippen LogP contribution in [-0.4, -0.2) is 21.9 Å². The van der Waals surface area contributed by atoms with Gasteiger partial charge in [0.15, 0.2) is 0 Å². The molecule has 0 spiro atoms. The lowest BCUT2D eigenvalue weighted by Gasteiger charge is -2.19. The van der Waals surface area contributed by atoms with Crippen LogP contribution in [0.2, 0.25) is 0 Å². The Morgan fingerprint density at radius 3 is 2.84 bits per heavy atom. The van der Waals surface area contributed by atoms with E-state index in [-0.39, 0.29) is 17.2 Å². The molecule has 1 aromatic heterocycles. The van der Waals surface area contributed by atoms with Gasteiger partial charge in [0.1, 0.15) is 17.2 Å². The van der Waals surface area contributed by atoms with E-state index in [0.717, 1.165) is 12.1 Å². The molecule has 0 aliphatic rings. The van der Waals surface area contributed by atoms with Gasteiger partial charge in [-0.25, -0.2) is 4.39 Å². The van der Waals surface area contributed by atoms with E-state index in [4.69, 9.17) is 9.26 Å². The van der Waals surface area contributed by atoms with Gasteiger partial charge in [-0.15, -0.1) is 0 Å². The Labute approximate surface area is 110 Å². The monoisotopic (exact) mass is 266 g/mol. The molecule has 2 rings (SSSR count). The number of hydrogen-bond acceptors (Lipinski definition) is 5. The highest BCUT2D eigenvalue weighted by atomic mass is 19.1. The van der Waals surface area contributed by atoms with Gasteiger partial charge in [0.2, 0.25) is 5.82 Å². The summed E-state index contributed by atoms with van der Waals surface area (Å²) in [4.78, 5) is 4.14. The summed E-state index contributed by atoms with van der Waals surface area (Å²) in [6.45, 7) is 5.97. The number of phenols is 1. The molecule has 1 N–H and O–H groups in total. The van der Waals surface area contributed by atoms with Gasteiger partial charge in [-0.1, -0.05) is 5.16 Å². The van der Waals surface area contributed by atoms with Crippen molar-refractivity contribution in [2.45, 2.75) is 26.4 Å². The van der Waals surface area contributed by atoms with Crippen molar-refractivity contribution in [2.75, 3.05) is 6.61 Å². The summed E-state index contributed by atoms with van der Waals surface area (Å²) in [5.74, 6) is -0.213. The van der Waals surface area contributed by atoms with Crippen molar-refractivity contribution in [1.29, 1.82) is 0 Å². The first-order valence-electron chi connectivity index (χ1n) is 5.91. The van der Waals surface area contributed by atoms with Gasteiger partial charge in [0.05, 0.1) is 5.56 Å². The minimum absolute atomic E-state index is 0.0554. The fraction of sp³-hybridized carbons (Fsp3) is 0.385. The molecule has 2 aromatic rings. The zero-order valence-electron chi connectivity index (χ0n) is 11.0. The number of rotatable bonds is 4. The minimum atomic E-state index is -0.709. The summed E-state index contributed by atoms with van der Waals surface area (Å²) in [6, 6.07) is 3.53. The number of ether oxygens (including phenoxy) is 1. The van der Waals surface area contributed by atoms with Crippen molar-refractivity contribution in [3.63, 3.8) is 0 Å². The fourth-order valence-corrected chi connectivity index (χ4v) is 1.68. The molecule has 0 bridgehead atoms. The van der Waals surface area contributed by atoms with Crippen molar-refractivity contribution >= 4 is 0 Å². The van der Waals surface area contributed by atoms with Crippen molar-refractivity contribution in [1.82, 2.24) is 10.1 Å². The average Bonchev–Trinajstić information content (AvgIpc) is 2.82. The lowest BCUT2D eigenvalue weighted by atomic mass is 10.1. The number of nitrogens with zero attached hydrogens (tertiary/aromatic N) is 2. The normalized spacial score (nSPS) is 11.8. The third-order valence-corrected chi connectivity index (χ3v) is 2.66. The van der Waals surface area contributed by atoms with Crippen molar-refractivity contribution in [3.05, 3.63) is 29.8 Å². The molecule has 0 atom stereocenters. The van der Waals surface area contributed by atoms with Gasteiger partial charge in [-0.2, -0.15) is 4.98 Å². The summed E-state index contributed by atoms with van der Waals surface area (Å²) >= 11 is 0. The first kappa shape index (κ1) is 13.5. The number of halogens is 1. The van der Waals surface area contributed by atoms with E-state index in [1.807, 2.05) is 6.92 Å². The Morgan fingerprint density at radius 2 is 2.16 bits per heavy atom. The lowest BCUT2D eigenvalue weighted by Crippen LogP contribution is -2.23. The topological polar surface area (TPSA) is 68.4 Å². The Bertz CT molecular complexity index is 581. The highest BCUT2D eigenvalue weighted by Crippen LogP contribution is 2.30. The maximum absolute atomic E-state index is 13.2. The average molecular weight is 266 g/mol. The summed E-state index contributed by atoms with van der Waals surface area (Å²) in [6.07, 6.45) is 0. The molecule has 1 aromatic carbocycles. The van der Waals surface area contributed by atoms with E-state index in [1.54, 1.807) is 13.8 Å². The van der Waals surface area contributed by atoms with Crippen LogP contribution in [0.3, 0.4) is 0 Å². The smallest absolute Gasteiger partial charge is 0.261 e. The van der Waals surface area contributed by atoms with Crippen LogP contribution < -0.4 is 0 Å². The highest BCUT2D eigenvalue weighted by Gasteiger charge is 2.28. The molecule has 102 valence electrons. The molecule has 0 saturated carbocycles. The second-order valence-corrected chi connectivity index (χ2v) is 4.53. The van der Waals surface area contributed by atoms with Gasteiger partial charge in [0.25, 0.3) is 5.89 Å². The van der Waals surface area contributed by atoms with Gasteiger partial charge >= 0.3 is 0 Å². The number of hydrogen-bond donors (Lipinski definition) is 1. The SMILES string of the molecule is CCOC(C)(C)c1noc(-c2cc(F)ccc2O)n1. The third-order valence-electron chi connectivity index (χ3n) is 2.66. The third kappa shape index (κ3) is 2.73. The van der Waals surface area contributed by atoms with Crippen LogP contribution in [0.5, 0.6) is 5.75 Å². The summed E-state index contributed by atoms with van der Waals surface area (Å²) in [5.41, 5.74) is -0.551. The molecule has 0 radical (unpaired) electrons. The van der Waals surface area contributed by atoms with Gasteiger partial charge < -0.3 is 14.4 Å². The van der Waals surface area contributed by atoms with Gasteiger partial charge in [-0.3, -0.25) is 0 Å². The molecule has 5 nitrogen and oxygen atoms in total. The molecule has 0 amide bonds. The maximum Gasteiger partial charge on any atom is 0.261 e. The number of benzene rings is 1. The fourth-order valence-electron chi connectivity index (χ4n) is 1.68. The molecule has 0 aliphatic heterocycles. The Morgan fingerprint density at radius 1 is 1.42 bits per heavy atom. The Kier molecular flexibility index (Phi) is 3.53. The molecular formula is C13H15FN2O3. The Hall–Kier alpha value is -1.95. The van der Waals surface area contributed by atoms with Crippen LogP contribution in [0.15, 0.2) is 22.7 Å². The zero-order chi connectivity index (χ0) is 14.0. The molecule has 1 heterocycles. The largest absolute Gasteiger partial charge is 0.507 e. The van der Waals surface area contributed by atoms with Crippen molar-refractivity contribution in [3.8, 4) is 17.2 Å².